The fourth-order valence-electron chi connectivity index (χ4n) is 0.784. The van der Waals surface area contributed by atoms with E-state index in [0.29, 0.717) is 6.08 Å². The van der Waals surface area contributed by atoms with Crippen LogP contribution in [0.4, 0.5) is 0 Å². The van der Waals surface area contributed by atoms with E-state index in [1.807, 2.05) is 0 Å². The number of hydrogen-bond donors (Lipinski definition) is 4. The highest BCUT2D eigenvalue weighted by Crippen LogP contribution is 2.01. The molecular formula is C8H12N2O5. The van der Waals surface area contributed by atoms with Crippen molar-refractivity contribution in [2.75, 3.05) is 13.1 Å². The molecule has 0 fully saturated rings. The Morgan fingerprint density at radius 2 is 1.87 bits per heavy atom. The first-order valence-corrected chi connectivity index (χ1v) is 4.11. The Bertz CT molecular complexity index is 297. The molecule has 0 atom stereocenters. The molecule has 0 aliphatic heterocycles. The molecule has 0 aromatic carbocycles. The molecule has 15 heavy (non-hydrogen) atoms. The maximum atomic E-state index is 11.0. The van der Waals surface area contributed by atoms with Crippen molar-refractivity contribution in [2.24, 2.45) is 5.73 Å². The molecule has 0 radical (unpaired) electrons. The summed E-state index contributed by atoms with van der Waals surface area (Å²) in [5.41, 5.74) is 4.63. The summed E-state index contributed by atoms with van der Waals surface area (Å²) in [5, 5.41) is 19.2. The van der Waals surface area contributed by atoms with Gasteiger partial charge >= 0.3 is 11.9 Å². The molecular weight excluding hydrogens is 204 g/mol. The molecule has 0 aromatic heterocycles. The van der Waals surface area contributed by atoms with Crippen LogP contribution in [0.3, 0.4) is 0 Å². The van der Waals surface area contributed by atoms with Crippen LogP contribution >= 0.6 is 0 Å². The van der Waals surface area contributed by atoms with Gasteiger partial charge < -0.3 is 21.3 Å². The first-order valence-electron chi connectivity index (χ1n) is 4.11. The van der Waals surface area contributed by atoms with Crippen molar-refractivity contribution < 1.29 is 24.6 Å². The molecule has 7 nitrogen and oxygen atoms in total. The second-order valence-corrected chi connectivity index (χ2v) is 2.63. The maximum absolute atomic E-state index is 11.0. The van der Waals surface area contributed by atoms with E-state index in [0.717, 1.165) is 0 Å². The Kier molecular flexibility index (Phi) is 5.72. The number of nitrogens with two attached hydrogens (primary N) is 1. The third-order valence-corrected chi connectivity index (χ3v) is 1.39. The summed E-state index contributed by atoms with van der Waals surface area (Å²) in [6.45, 7) is 0.454. The average molecular weight is 216 g/mol. The number of rotatable bonds is 6. The van der Waals surface area contributed by atoms with Crippen LogP contribution in [-0.2, 0) is 14.4 Å². The molecule has 84 valence electrons. The van der Waals surface area contributed by atoms with Gasteiger partial charge in [-0.05, 0) is 0 Å². The number of aliphatic carboxylic acids is 2. The van der Waals surface area contributed by atoms with Crippen LogP contribution < -0.4 is 11.1 Å². The van der Waals surface area contributed by atoms with Gasteiger partial charge in [0.25, 0.3) is 0 Å². The molecule has 1 amide bonds. The Balaban J connectivity index is 4.37. The van der Waals surface area contributed by atoms with Crippen molar-refractivity contribution in [3.05, 3.63) is 11.6 Å². The fraction of sp³-hybridized carbons (Fsp3) is 0.375. The molecule has 0 rings (SSSR count). The highest BCUT2D eigenvalue weighted by Gasteiger charge is 2.13. The molecule has 5 N–H and O–H groups in total. The van der Waals surface area contributed by atoms with E-state index in [1.54, 1.807) is 0 Å². The van der Waals surface area contributed by atoms with E-state index in [4.69, 9.17) is 15.9 Å². The van der Waals surface area contributed by atoms with Gasteiger partial charge in [0.2, 0.25) is 5.91 Å². The summed E-state index contributed by atoms with van der Waals surface area (Å²) in [6, 6.07) is 0. The van der Waals surface area contributed by atoms with E-state index in [1.165, 1.54) is 0 Å². The Morgan fingerprint density at radius 3 is 2.27 bits per heavy atom. The molecule has 0 bridgehead atoms. The smallest absolute Gasteiger partial charge is 0.332 e. The van der Waals surface area contributed by atoms with E-state index in [2.05, 4.69) is 5.32 Å². The molecule has 0 heterocycles. The molecule has 0 unspecified atom stereocenters. The van der Waals surface area contributed by atoms with Gasteiger partial charge in [0.05, 0.1) is 12.0 Å². The van der Waals surface area contributed by atoms with Crippen LogP contribution in [0.15, 0.2) is 11.6 Å². The third kappa shape index (κ3) is 6.22. The third-order valence-electron chi connectivity index (χ3n) is 1.39. The number of carbonyl (C=O) groups excluding carboxylic acids is 1. The number of amides is 1. The number of carboxylic acid groups (broad SMARTS) is 2. The average Bonchev–Trinajstić information content (AvgIpc) is 2.12. The molecule has 0 aromatic rings. The second-order valence-electron chi connectivity index (χ2n) is 2.63. The molecule has 0 saturated carbocycles. The van der Waals surface area contributed by atoms with Gasteiger partial charge in [0, 0.05) is 19.2 Å². The zero-order valence-electron chi connectivity index (χ0n) is 7.90. The predicted octanol–water partition coefficient (Wildman–Crippen LogP) is -1.45. The van der Waals surface area contributed by atoms with E-state index in [-0.39, 0.29) is 13.1 Å². The van der Waals surface area contributed by atoms with Gasteiger partial charge in [-0.25, -0.2) is 9.59 Å². The lowest BCUT2D eigenvalue weighted by Gasteiger charge is -2.03. The fourth-order valence-corrected chi connectivity index (χ4v) is 0.784. The minimum absolute atomic E-state index is 0.221. The zero-order valence-corrected chi connectivity index (χ0v) is 7.90. The number of carboxylic acids is 2. The summed E-state index contributed by atoms with van der Waals surface area (Å²) in [6.07, 6.45) is 0.00594. The lowest BCUT2D eigenvalue weighted by atomic mass is 10.1. The van der Waals surface area contributed by atoms with Gasteiger partial charge in [0.1, 0.15) is 0 Å². The van der Waals surface area contributed by atoms with Crippen molar-refractivity contribution in [1.29, 1.82) is 0 Å². The quantitative estimate of drug-likeness (QED) is 0.402. The van der Waals surface area contributed by atoms with Gasteiger partial charge in [-0.15, -0.1) is 0 Å². The van der Waals surface area contributed by atoms with Crippen molar-refractivity contribution >= 4 is 17.8 Å². The van der Waals surface area contributed by atoms with Gasteiger partial charge in [-0.3, -0.25) is 4.79 Å². The predicted molar refractivity (Wildman–Crippen MR) is 50.0 cm³/mol. The number of hydrogen-bond acceptors (Lipinski definition) is 4. The van der Waals surface area contributed by atoms with Gasteiger partial charge in [-0.2, -0.15) is 0 Å². The minimum atomic E-state index is -1.43. The zero-order chi connectivity index (χ0) is 11.8. The maximum Gasteiger partial charge on any atom is 0.332 e. The van der Waals surface area contributed by atoms with Crippen molar-refractivity contribution in [3.8, 4) is 0 Å². The van der Waals surface area contributed by atoms with E-state index >= 15 is 0 Å². The standard InChI is InChI=1S/C8H12N2O5/c9-1-2-10-6(11)3-5(8(14)15)4-7(12)13/h4H,1-3,9H2,(H,10,11)(H,12,13)(H,14,15)/b5-4-. The SMILES string of the molecule is NCCNC(=O)C/C(=C/C(=O)O)C(=O)O. The summed E-state index contributed by atoms with van der Waals surface area (Å²) in [4.78, 5) is 31.8. The first kappa shape index (κ1) is 13.1. The summed E-state index contributed by atoms with van der Waals surface area (Å²) in [7, 11) is 0. The summed E-state index contributed by atoms with van der Waals surface area (Å²) >= 11 is 0. The summed E-state index contributed by atoms with van der Waals surface area (Å²) in [5.74, 6) is -3.41. The van der Waals surface area contributed by atoms with Crippen LogP contribution in [0.5, 0.6) is 0 Å². The Morgan fingerprint density at radius 1 is 1.27 bits per heavy atom. The normalized spacial score (nSPS) is 10.9. The molecule has 0 saturated heterocycles. The molecule has 0 spiro atoms. The minimum Gasteiger partial charge on any atom is -0.478 e. The number of carbonyl (C=O) groups is 3. The monoisotopic (exact) mass is 216 g/mol. The van der Waals surface area contributed by atoms with Gasteiger partial charge in [0.15, 0.2) is 0 Å². The van der Waals surface area contributed by atoms with Crippen LogP contribution in [0.1, 0.15) is 6.42 Å². The largest absolute Gasteiger partial charge is 0.478 e. The summed E-state index contributed by atoms with van der Waals surface area (Å²) < 4.78 is 0. The molecule has 0 aliphatic carbocycles. The molecule has 0 aliphatic rings. The van der Waals surface area contributed by atoms with Crippen molar-refractivity contribution in [3.63, 3.8) is 0 Å². The number of nitrogens with one attached hydrogen (secondary N) is 1. The van der Waals surface area contributed by atoms with Crippen molar-refractivity contribution in [2.45, 2.75) is 6.42 Å². The Hall–Kier alpha value is -1.89. The topological polar surface area (TPSA) is 130 Å². The van der Waals surface area contributed by atoms with Gasteiger partial charge in [-0.1, -0.05) is 0 Å². The van der Waals surface area contributed by atoms with Crippen molar-refractivity contribution in [1.82, 2.24) is 5.32 Å². The van der Waals surface area contributed by atoms with Crippen LogP contribution in [0, 0.1) is 0 Å². The van der Waals surface area contributed by atoms with Crippen LogP contribution in [-0.4, -0.2) is 41.1 Å². The highest BCUT2D eigenvalue weighted by atomic mass is 16.4. The van der Waals surface area contributed by atoms with Crippen LogP contribution in [0.25, 0.3) is 0 Å². The molecule has 7 heteroatoms. The second kappa shape index (κ2) is 6.55. The lowest BCUT2D eigenvalue weighted by molar-refractivity contribution is -0.135. The highest BCUT2D eigenvalue weighted by molar-refractivity contribution is 5.99. The van der Waals surface area contributed by atoms with Crippen LogP contribution in [0.2, 0.25) is 0 Å². The first-order chi connectivity index (χ1) is 6.97. The lowest BCUT2D eigenvalue weighted by Crippen LogP contribution is -2.29. The van der Waals surface area contributed by atoms with E-state index < -0.39 is 29.8 Å². The van der Waals surface area contributed by atoms with E-state index in [9.17, 15) is 14.4 Å². The Labute approximate surface area is 85.6 Å².